The zero-order valence-corrected chi connectivity index (χ0v) is 16.3. The number of alkyl halides is 6. The lowest BCUT2D eigenvalue weighted by molar-refractivity contribution is -0.327. The first-order chi connectivity index (χ1) is 10.2. The van der Waals surface area contributed by atoms with E-state index in [1.54, 1.807) is 0 Å². The third kappa shape index (κ3) is 31.8. The van der Waals surface area contributed by atoms with Gasteiger partial charge in [-0.1, -0.05) is 120 Å². The monoisotopic (exact) mass is 493 g/mol. The molecule has 0 amide bonds. The van der Waals surface area contributed by atoms with Crippen molar-refractivity contribution in [2.75, 3.05) is 0 Å². The molecule has 0 aromatic rings. The van der Waals surface area contributed by atoms with Crippen LogP contribution in [0.15, 0.2) is 0 Å². The van der Waals surface area contributed by atoms with Gasteiger partial charge >= 0.3 is 12.4 Å². The summed E-state index contributed by atoms with van der Waals surface area (Å²) in [4.78, 5) is 0. The van der Waals surface area contributed by atoms with E-state index < -0.39 is 17.8 Å². The van der Waals surface area contributed by atoms with Gasteiger partial charge < -0.3 is 0 Å². The number of halogens is 6. The summed E-state index contributed by atoms with van der Waals surface area (Å²) < 4.78 is 69.7. The predicted molar refractivity (Wildman–Crippen MR) is 142 cm³/mol. The zero-order valence-electron chi connectivity index (χ0n) is 16.3. The smallest absolute Gasteiger partial charge is 0.170 e. The molecule has 0 nitrogen and oxygen atoms in total. The van der Waals surface area contributed by atoms with Crippen molar-refractivity contribution in [1.29, 1.82) is 0 Å². The van der Waals surface area contributed by atoms with Crippen LogP contribution >= 0.6 is 0 Å². The van der Waals surface area contributed by atoms with Gasteiger partial charge in [0, 0.05) is 0 Å². The van der Waals surface area contributed by atoms with Gasteiger partial charge in [-0.05, 0) is 37.5 Å². The summed E-state index contributed by atoms with van der Waals surface area (Å²) in [5, 5.41) is 0. The molecule has 0 aromatic heterocycles. The van der Waals surface area contributed by atoms with Crippen molar-refractivity contribution < 1.29 is 26.3 Å². The van der Waals surface area contributed by atoms with Crippen LogP contribution in [-0.2, 0) is 0 Å². The van der Waals surface area contributed by atoms with E-state index in [1.807, 2.05) is 0 Å². The Bertz CT molecular complexity index is 315. The molecule has 1 rings (SSSR count). The molecule has 0 N–H and O–H groups in total. The van der Waals surface area contributed by atoms with E-state index in [4.69, 9.17) is 0 Å². The molecular formula is C26H66F6. The van der Waals surface area contributed by atoms with Gasteiger partial charge in [-0.3, -0.25) is 0 Å². The molecular weight excluding hydrogens is 426 g/mol. The highest BCUT2D eigenvalue weighted by atomic mass is 19.4. The van der Waals surface area contributed by atoms with E-state index in [2.05, 4.69) is 41.5 Å². The second kappa shape index (κ2) is 22.4. The molecule has 0 spiro atoms. The van der Waals surface area contributed by atoms with Crippen LogP contribution in [0.3, 0.4) is 0 Å². The lowest BCUT2D eigenvalue weighted by Crippen LogP contribution is -2.44. The molecule has 212 valence electrons. The summed E-state index contributed by atoms with van der Waals surface area (Å²) in [5.74, 6) is 0. The lowest BCUT2D eigenvalue weighted by Gasteiger charge is -2.29. The second-order valence-corrected chi connectivity index (χ2v) is 9.35. The fraction of sp³-hybridized carbons (Fsp3) is 1.00. The Balaban J connectivity index is -0.0000000263. The van der Waals surface area contributed by atoms with Crippen LogP contribution in [0.2, 0.25) is 0 Å². The van der Waals surface area contributed by atoms with Crippen LogP contribution in [0.5, 0.6) is 0 Å². The highest BCUT2D eigenvalue weighted by Crippen LogP contribution is 2.49. The average Bonchev–Trinajstić information content (AvgIpc) is 2.23. The Morgan fingerprint density at radius 2 is 0.656 bits per heavy atom. The molecule has 0 unspecified atom stereocenters. The Morgan fingerprint density at radius 3 is 0.719 bits per heavy atom. The Hall–Kier alpha value is -0.420. The minimum atomic E-state index is -5.24. The fourth-order valence-corrected chi connectivity index (χ4v) is 1.67. The van der Waals surface area contributed by atoms with Gasteiger partial charge in [0.25, 0.3) is 0 Å². The van der Waals surface area contributed by atoms with Gasteiger partial charge in [-0.15, -0.1) is 0 Å². The van der Waals surface area contributed by atoms with Gasteiger partial charge in [-0.2, -0.15) is 26.3 Å². The molecule has 0 bridgehead atoms. The average molecular weight is 493 g/mol. The van der Waals surface area contributed by atoms with Crippen molar-refractivity contribution in [3.05, 3.63) is 0 Å². The fourth-order valence-electron chi connectivity index (χ4n) is 1.67. The summed E-state index contributed by atoms with van der Waals surface area (Å²) in [6, 6.07) is 0. The van der Waals surface area contributed by atoms with Gasteiger partial charge in [0.2, 0.25) is 0 Å². The van der Waals surface area contributed by atoms with Crippen molar-refractivity contribution in [1.82, 2.24) is 0 Å². The van der Waals surface area contributed by atoms with E-state index in [1.165, 1.54) is 32.1 Å². The minimum Gasteiger partial charge on any atom is -0.170 e. The van der Waals surface area contributed by atoms with E-state index in [0.29, 0.717) is 10.8 Å². The van der Waals surface area contributed by atoms with E-state index in [0.717, 1.165) is 0 Å². The first kappa shape index (κ1) is 63.4. The van der Waals surface area contributed by atoms with Crippen molar-refractivity contribution >= 4 is 0 Å². The number of hydrogen-bond acceptors (Lipinski definition) is 0. The molecule has 1 fully saturated rings. The lowest BCUT2D eigenvalue weighted by atomic mass is 9.78. The van der Waals surface area contributed by atoms with Crippen LogP contribution in [0.1, 0.15) is 147 Å². The summed E-state index contributed by atoms with van der Waals surface area (Å²) in [5.41, 5.74) is -2.45. The molecule has 1 aliphatic carbocycles. The van der Waals surface area contributed by atoms with E-state index in [9.17, 15) is 26.3 Å². The predicted octanol–water partition coefficient (Wildman–Crippen LogP) is 13.3. The maximum absolute atomic E-state index is 11.6. The Morgan fingerprint density at radius 1 is 0.469 bits per heavy atom. The third-order valence-corrected chi connectivity index (χ3v) is 3.62. The molecule has 0 heterocycles. The van der Waals surface area contributed by atoms with Crippen LogP contribution in [0.4, 0.5) is 26.3 Å². The standard InChI is InChI=1S/C8H16.C5H6F6.C5H12.8CH4/c1-8(2)6-4-3-5-7-8;1-3(2,4(6,7)8)5(9,10)11;1-5(2,3)4;;;;;;;;/h3-7H2,1-2H3;1-2H3;1-4H3;8*1H4. The molecule has 0 saturated heterocycles. The third-order valence-electron chi connectivity index (χ3n) is 3.62. The number of hydrogen-bond donors (Lipinski definition) is 0. The van der Waals surface area contributed by atoms with Crippen LogP contribution in [-0.4, -0.2) is 12.4 Å². The summed E-state index contributed by atoms with van der Waals surface area (Å²) in [6.07, 6.45) is -3.18. The maximum Gasteiger partial charge on any atom is 0.402 e. The van der Waals surface area contributed by atoms with Gasteiger partial charge in [-0.25, -0.2) is 0 Å². The van der Waals surface area contributed by atoms with Crippen molar-refractivity contribution in [3.63, 3.8) is 0 Å². The van der Waals surface area contributed by atoms with E-state index >= 15 is 0 Å². The quantitative estimate of drug-likeness (QED) is 0.295. The summed E-state index contributed by atoms with van der Waals surface area (Å²) in [7, 11) is 0. The summed E-state index contributed by atoms with van der Waals surface area (Å²) in [6.45, 7) is 13.7. The van der Waals surface area contributed by atoms with Crippen LogP contribution < -0.4 is 0 Å². The van der Waals surface area contributed by atoms with Gasteiger partial charge in [0.1, 0.15) is 0 Å². The maximum atomic E-state index is 11.6. The minimum absolute atomic E-state index is 0. The molecule has 1 saturated carbocycles. The molecule has 6 heteroatoms. The zero-order chi connectivity index (χ0) is 20.0. The highest BCUT2D eigenvalue weighted by Gasteiger charge is 2.64. The molecule has 1 aliphatic rings. The highest BCUT2D eigenvalue weighted by molar-refractivity contribution is 4.84. The Kier molecular flexibility index (Phi) is 44.3. The molecule has 0 aromatic carbocycles. The SMILES string of the molecule is C.C.C.C.C.C.C.C.CC(C)(C(F)(F)F)C(F)(F)F.CC(C)(C)C.CC1(C)CCCCC1. The van der Waals surface area contributed by atoms with Crippen LogP contribution in [0.25, 0.3) is 0 Å². The van der Waals surface area contributed by atoms with Crippen molar-refractivity contribution in [3.8, 4) is 0 Å². The summed E-state index contributed by atoms with van der Waals surface area (Å²) >= 11 is 0. The topological polar surface area (TPSA) is 0 Å². The Labute approximate surface area is 202 Å². The van der Waals surface area contributed by atoms with Crippen LogP contribution in [0, 0.1) is 16.2 Å². The second-order valence-electron chi connectivity index (χ2n) is 9.35. The molecule has 0 radical (unpaired) electrons. The normalized spacial score (nSPS) is 14.1. The molecule has 32 heavy (non-hydrogen) atoms. The largest absolute Gasteiger partial charge is 0.402 e. The van der Waals surface area contributed by atoms with Gasteiger partial charge in [0.05, 0.1) is 0 Å². The van der Waals surface area contributed by atoms with Crippen molar-refractivity contribution in [2.45, 2.75) is 159 Å². The van der Waals surface area contributed by atoms with Crippen molar-refractivity contribution in [2.24, 2.45) is 16.2 Å². The molecule has 0 atom stereocenters. The van der Waals surface area contributed by atoms with Gasteiger partial charge in [0.15, 0.2) is 5.41 Å². The number of rotatable bonds is 0. The molecule has 0 aliphatic heterocycles. The first-order valence-corrected chi connectivity index (χ1v) is 8.34. The first-order valence-electron chi connectivity index (χ1n) is 8.34. The van der Waals surface area contributed by atoms with E-state index in [-0.39, 0.29) is 73.3 Å².